The second kappa shape index (κ2) is 6.67. The third kappa shape index (κ3) is 4.46. The van der Waals surface area contributed by atoms with Crippen molar-refractivity contribution in [3.8, 4) is 0 Å². The van der Waals surface area contributed by atoms with Crippen molar-refractivity contribution in [1.29, 1.82) is 0 Å². The molecule has 0 aromatic heterocycles. The number of benzene rings is 2. The normalized spacial score (nSPS) is 13.2. The third-order valence-electron chi connectivity index (χ3n) is 3.41. The van der Waals surface area contributed by atoms with Crippen molar-refractivity contribution >= 4 is 0 Å². The van der Waals surface area contributed by atoms with Gasteiger partial charge in [-0.2, -0.15) is 0 Å². The number of rotatable bonds is 6. The minimum Gasteiger partial charge on any atom is -0.389 e. The van der Waals surface area contributed by atoms with Gasteiger partial charge in [-0.1, -0.05) is 60.7 Å². The molecule has 0 spiro atoms. The largest absolute Gasteiger partial charge is 0.389 e. The van der Waals surface area contributed by atoms with E-state index in [0.717, 1.165) is 11.1 Å². The molecule has 2 rings (SSSR count). The van der Waals surface area contributed by atoms with Crippen molar-refractivity contribution in [2.75, 3.05) is 0 Å². The molecule has 2 aromatic carbocycles. The van der Waals surface area contributed by atoms with E-state index in [1.54, 1.807) is 0 Å². The van der Waals surface area contributed by atoms with Crippen molar-refractivity contribution in [3.63, 3.8) is 0 Å². The van der Waals surface area contributed by atoms with Gasteiger partial charge in [0.1, 0.15) is 6.17 Å². The van der Waals surface area contributed by atoms with Crippen LogP contribution in [0.2, 0.25) is 0 Å². The number of aliphatic hydroxyl groups is 1. The maximum Gasteiger partial charge on any atom is 0.100 e. The molecule has 0 amide bonds. The molecule has 0 saturated heterocycles. The van der Waals surface area contributed by atoms with E-state index < -0.39 is 11.8 Å². The van der Waals surface area contributed by atoms with Crippen LogP contribution >= 0.6 is 0 Å². The van der Waals surface area contributed by atoms with Crippen LogP contribution in [0.25, 0.3) is 0 Å². The zero-order valence-corrected chi connectivity index (χ0v) is 11.8. The number of hydrogen-bond donors (Lipinski definition) is 1. The summed E-state index contributed by atoms with van der Waals surface area (Å²) in [5.41, 5.74) is 1.02. The summed E-state index contributed by atoms with van der Waals surface area (Å²) in [6.07, 6.45) is 0.0672. The highest BCUT2D eigenvalue weighted by Crippen LogP contribution is 2.25. The molecule has 0 aliphatic rings. The third-order valence-corrected chi connectivity index (χ3v) is 3.41. The van der Waals surface area contributed by atoms with Gasteiger partial charge in [0.2, 0.25) is 0 Å². The summed E-state index contributed by atoms with van der Waals surface area (Å²) in [7, 11) is 0. The Kier molecular flexibility index (Phi) is 4.91. The van der Waals surface area contributed by atoms with Gasteiger partial charge < -0.3 is 5.11 Å². The van der Waals surface area contributed by atoms with E-state index in [0.29, 0.717) is 12.8 Å². The molecule has 2 aromatic rings. The number of alkyl halides is 1. The number of halogens is 1. The fourth-order valence-corrected chi connectivity index (χ4v) is 2.68. The van der Waals surface area contributed by atoms with E-state index in [4.69, 9.17) is 0 Å². The lowest BCUT2D eigenvalue weighted by Gasteiger charge is -2.29. The first-order valence-corrected chi connectivity index (χ1v) is 7.02. The summed E-state index contributed by atoms with van der Waals surface area (Å²) in [5.74, 6) is 0. The van der Waals surface area contributed by atoms with Crippen molar-refractivity contribution in [2.45, 2.75) is 38.0 Å². The van der Waals surface area contributed by atoms with Crippen LogP contribution < -0.4 is 0 Å². The van der Waals surface area contributed by atoms with E-state index in [-0.39, 0.29) is 6.42 Å². The first-order valence-electron chi connectivity index (χ1n) is 7.02. The summed E-state index contributed by atoms with van der Waals surface area (Å²) < 4.78 is 13.4. The topological polar surface area (TPSA) is 20.2 Å². The SMILES string of the molecule is CC(F)CC(O)(Cc1ccccc1)Cc1ccccc1. The molecule has 0 aliphatic heterocycles. The van der Waals surface area contributed by atoms with Crippen LogP contribution in [-0.4, -0.2) is 16.9 Å². The van der Waals surface area contributed by atoms with Gasteiger partial charge in [0.05, 0.1) is 5.60 Å². The first-order chi connectivity index (χ1) is 9.57. The maximum absolute atomic E-state index is 13.4. The van der Waals surface area contributed by atoms with Gasteiger partial charge in [-0.15, -0.1) is 0 Å². The van der Waals surface area contributed by atoms with Crippen LogP contribution in [0.15, 0.2) is 60.7 Å². The summed E-state index contributed by atoms with van der Waals surface area (Å²) in [5, 5.41) is 10.8. The standard InChI is InChI=1S/C18H21FO/c1-15(19)12-18(20,13-16-8-4-2-5-9-16)14-17-10-6-3-7-11-17/h2-11,15,20H,12-14H2,1H3. The summed E-state index contributed by atoms with van der Waals surface area (Å²) in [6.45, 7) is 1.50. The Morgan fingerprint density at radius 1 is 0.900 bits per heavy atom. The van der Waals surface area contributed by atoms with Gasteiger partial charge in [-0.3, -0.25) is 0 Å². The average molecular weight is 272 g/mol. The fourth-order valence-electron chi connectivity index (χ4n) is 2.68. The van der Waals surface area contributed by atoms with Gasteiger partial charge in [0, 0.05) is 19.3 Å². The Balaban J connectivity index is 2.17. The summed E-state index contributed by atoms with van der Waals surface area (Å²) in [6, 6.07) is 19.5. The van der Waals surface area contributed by atoms with Crippen LogP contribution in [0, 0.1) is 0 Å². The van der Waals surface area contributed by atoms with E-state index in [9.17, 15) is 9.50 Å². The molecule has 1 N–H and O–H groups in total. The highest BCUT2D eigenvalue weighted by Gasteiger charge is 2.29. The minimum atomic E-state index is -1.04. The molecule has 0 aliphatic carbocycles. The summed E-state index contributed by atoms with van der Waals surface area (Å²) >= 11 is 0. The summed E-state index contributed by atoms with van der Waals surface area (Å²) in [4.78, 5) is 0. The van der Waals surface area contributed by atoms with Gasteiger partial charge in [0.25, 0.3) is 0 Å². The van der Waals surface area contributed by atoms with Gasteiger partial charge in [0.15, 0.2) is 0 Å². The second-order valence-corrected chi connectivity index (χ2v) is 5.53. The molecule has 0 heterocycles. The zero-order chi connectivity index (χ0) is 14.4. The number of hydrogen-bond acceptors (Lipinski definition) is 1. The smallest absolute Gasteiger partial charge is 0.100 e. The first kappa shape index (κ1) is 14.7. The van der Waals surface area contributed by atoms with Gasteiger partial charge in [-0.05, 0) is 18.1 Å². The molecule has 0 fully saturated rings. The highest BCUT2D eigenvalue weighted by atomic mass is 19.1. The van der Waals surface area contributed by atoms with Gasteiger partial charge >= 0.3 is 0 Å². The minimum absolute atomic E-state index is 0.150. The molecule has 1 unspecified atom stereocenters. The zero-order valence-electron chi connectivity index (χ0n) is 11.8. The molecule has 0 saturated carbocycles. The lowest BCUT2D eigenvalue weighted by molar-refractivity contribution is 0.0122. The molecule has 106 valence electrons. The fraction of sp³-hybridized carbons (Fsp3) is 0.333. The Bertz CT molecular complexity index is 466. The quantitative estimate of drug-likeness (QED) is 0.844. The molecule has 1 nitrogen and oxygen atoms in total. The van der Waals surface area contributed by atoms with E-state index in [2.05, 4.69) is 0 Å². The predicted molar refractivity (Wildman–Crippen MR) is 80.4 cm³/mol. The lowest BCUT2D eigenvalue weighted by Crippen LogP contribution is -2.36. The van der Waals surface area contributed by atoms with Crippen molar-refractivity contribution < 1.29 is 9.50 Å². The van der Waals surface area contributed by atoms with Crippen LogP contribution in [0.5, 0.6) is 0 Å². The van der Waals surface area contributed by atoms with Crippen molar-refractivity contribution in [1.82, 2.24) is 0 Å². The van der Waals surface area contributed by atoms with Crippen LogP contribution in [-0.2, 0) is 12.8 Å². The molecular weight excluding hydrogens is 251 g/mol. The Labute approximate surface area is 120 Å². The molecule has 0 bridgehead atoms. The van der Waals surface area contributed by atoms with E-state index >= 15 is 0 Å². The predicted octanol–water partition coefficient (Wildman–Crippen LogP) is 3.95. The molecule has 1 atom stereocenters. The Morgan fingerprint density at radius 2 is 1.30 bits per heavy atom. The Morgan fingerprint density at radius 3 is 1.65 bits per heavy atom. The Hall–Kier alpha value is -1.67. The maximum atomic E-state index is 13.4. The van der Waals surface area contributed by atoms with Crippen LogP contribution in [0.1, 0.15) is 24.5 Å². The van der Waals surface area contributed by atoms with Crippen LogP contribution in [0.3, 0.4) is 0 Å². The van der Waals surface area contributed by atoms with E-state index in [1.807, 2.05) is 60.7 Å². The van der Waals surface area contributed by atoms with Gasteiger partial charge in [-0.25, -0.2) is 4.39 Å². The average Bonchev–Trinajstić information content (AvgIpc) is 2.39. The van der Waals surface area contributed by atoms with Crippen molar-refractivity contribution in [3.05, 3.63) is 71.8 Å². The highest BCUT2D eigenvalue weighted by molar-refractivity contribution is 5.21. The monoisotopic (exact) mass is 272 g/mol. The lowest BCUT2D eigenvalue weighted by atomic mass is 9.84. The molecule has 2 heteroatoms. The second-order valence-electron chi connectivity index (χ2n) is 5.53. The van der Waals surface area contributed by atoms with Crippen molar-refractivity contribution in [2.24, 2.45) is 0 Å². The van der Waals surface area contributed by atoms with Crippen LogP contribution in [0.4, 0.5) is 4.39 Å². The van der Waals surface area contributed by atoms with E-state index in [1.165, 1.54) is 6.92 Å². The molecule has 0 radical (unpaired) electrons. The molecular formula is C18H21FO. The molecule has 20 heavy (non-hydrogen) atoms.